The van der Waals surface area contributed by atoms with Gasteiger partial charge in [-0.25, -0.2) is 13.1 Å². The number of carbonyl (C=O) groups excluding carboxylic acids is 1. The van der Waals surface area contributed by atoms with Gasteiger partial charge in [-0.3, -0.25) is 4.79 Å². The molecule has 0 fully saturated rings. The maximum absolute atomic E-state index is 12.1. The maximum atomic E-state index is 12.1. The highest BCUT2D eigenvalue weighted by molar-refractivity contribution is 7.89. The molecule has 2 rings (SSSR count). The second-order valence-electron chi connectivity index (χ2n) is 5.55. The second kappa shape index (κ2) is 8.61. The van der Waals surface area contributed by atoms with E-state index in [9.17, 15) is 13.2 Å². The first-order valence-electron chi connectivity index (χ1n) is 7.84. The molecule has 0 atom stereocenters. The standard InChI is InChI=1S/C18H22N2O3S/c1-15-7-9-17(10-8-15)24(22,23)20-14-12-18(21)19-13-11-16-5-3-2-4-6-16/h2-10,20H,11-14H2,1H3,(H,19,21). The molecule has 0 bridgehead atoms. The minimum Gasteiger partial charge on any atom is -0.356 e. The summed E-state index contributed by atoms with van der Waals surface area (Å²) >= 11 is 0. The predicted octanol–water partition coefficient (Wildman–Crippen LogP) is 2.02. The minimum atomic E-state index is -3.57. The molecule has 24 heavy (non-hydrogen) atoms. The summed E-state index contributed by atoms with van der Waals surface area (Å²) in [6.45, 7) is 2.50. The molecule has 0 saturated carbocycles. The molecule has 0 radical (unpaired) electrons. The predicted molar refractivity (Wildman–Crippen MR) is 94.1 cm³/mol. The third-order valence-corrected chi connectivity index (χ3v) is 5.03. The molecule has 2 aromatic carbocycles. The van der Waals surface area contributed by atoms with Crippen LogP contribution in [0.5, 0.6) is 0 Å². The number of hydrogen-bond acceptors (Lipinski definition) is 3. The molecular formula is C18H22N2O3S. The van der Waals surface area contributed by atoms with Crippen molar-refractivity contribution in [3.8, 4) is 0 Å². The zero-order valence-electron chi connectivity index (χ0n) is 13.7. The Morgan fingerprint density at radius 2 is 1.62 bits per heavy atom. The van der Waals surface area contributed by atoms with Crippen LogP contribution < -0.4 is 10.0 Å². The van der Waals surface area contributed by atoms with Crippen molar-refractivity contribution in [1.29, 1.82) is 0 Å². The van der Waals surface area contributed by atoms with E-state index in [1.165, 1.54) is 0 Å². The molecule has 0 aliphatic heterocycles. The first-order chi connectivity index (χ1) is 11.5. The summed E-state index contributed by atoms with van der Waals surface area (Å²) in [5.74, 6) is -0.169. The van der Waals surface area contributed by atoms with Crippen LogP contribution >= 0.6 is 0 Å². The maximum Gasteiger partial charge on any atom is 0.240 e. The molecule has 6 heteroatoms. The Kier molecular flexibility index (Phi) is 6.52. The van der Waals surface area contributed by atoms with Gasteiger partial charge in [0.15, 0.2) is 0 Å². The van der Waals surface area contributed by atoms with Gasteiger partial charge in [0.25, 0.3) is 0 Å². The lowest BCUT2D eigenvalue weighted by Gasteiger charge is -2.08. The van der Waals surface area contributed by atoms with E-state index in [0.29, 0.717) is 6.54 Å². The number of carbonyl (C=O) groups is 1. The van der Waals surface area contributed by atoms with Crippen LogP contribution in [0.3, 0.4) is 0 Å². The van der Waals surface area contributed by atoms with Gasteiger partial charge in [0.2, 0.25) is 15.9 Å². The van der Waals surface area contributed by atoms with Gasteiger partial charge in [0.05, 0.1) is 4.90 Å². The SMILES string of the molecule is Cc1ccc(S(=O)(=O)NCCC(=O)NCCc2ccccc2)cc1. The fraction of sp³-hybridized carbons (Fsp3) is 0.278. The van der Waals surface area contributed by atoms with E-state index < -0.39 is 10.0 Å². The van der Waals surface area contributed by atoms with Gasteiger partial charge >= 0.3 is 0 Å². The molecule has 0 unspecified atom stereocenters. The number of benzene rings is 2. The Morgan fingerprint density at radius 1 is 0.958 bits per heavy atom. The molecular weight excluding hydrogens is 324 g/mol. The van der Waals surface area contributed by atoms with E-state index in [-0.39, 0.29) is 23.8 Å². The van der Waals surface area contributed by atoms with Crippen molar-refractivity contribution in [3.63, 3.8) is 0 Å². The molecule has 0 aliphatic rings. The van der Waals surface area contributed by atoms with Gasteiger partial charge < -0.3 is 5.32 Å². The van der Waals surface area contributed by atoms with Crippen molar-refractivity contribution >= 4 is 15.9 Å². The normalized spacial score (nSPS) is 11.2. The summed E-state index contributed by atoms with van der Waals surface area (Å²) in [6.07, 6.45) is 0.863. The van der Waals surface area contributed by atoms with Crippen LogP contribution in [-0.2, 0) is 21.2 Å². The first kappa shape index (κ1) is 18.2. The number of nitrogens with one attached hydrogen (secondary N) is 2. The van der Waals surface area contributed by atoms with Crippen LogP contribution in [0.15, 0.2) is 59.5 Å². The lowest BCUT2D eigenvalue weighted by Crippen LogP contribution is -2.31. The lowest BCUT2D eigenvalue weighted by molar-refractivity contribution is -0.120. The van der Waals surface area contributed by atoms with E-state index in [1.807, 2.05) is 37.3 Å². The molecule has 1 amide bonds. The third kappa shape index (κ3) is 5.79. The van der Waals surface area contributed by atoms with Crippen LogP contribution in [0.25, 0.3) is 0 Å². The topological polar surface area (TPSA) is 75.3 Å². The highest BCUT2D eigenvalue weighted by Crippen LogP contribution is 2.09. The molecule has 0 aromatic heterocycles. The summed E-state index contributed by atoms with van der Waals surface area (Å²) in [7, 11) is -3.57. The summed E-state index contributed by atoms with van der Waals surface area (Å²) < 4.78 is 26.6. The lowest BCUT2D eigenvalue weighted by atomic mass is 10.1. The van der Waals surface area contributed by atoms with Crippen molar-refractivity contribution in [3.05, 3.63) is 65.7 Å². The number of hydrogen-bond donors (Lipinski definition) is 2. The van der Waals surface area contributed by atoms with E-state index in [1.54, 1.807) is 24.3 Å². The van der Waals surface area contributed by atoms with Crippen molar-refractivity contribution in [2.75, 3.05) is 13.1 Å². The van der Waals surface area contributed by atoms with Crippen LogP contribution in [0.2, 0.25) is 0 Å². The van der Waals surface area contributed by atoms with Crippen molar-refractivity contribution in [1.82, 2.24) is 10.0 Å². The zero-order valence-corrected chi connectivity index (χ0v) is 14.5. The monoisotopic (exact) mass is 346 g/mol. The molecule has 5 nitrogen and oxygen atoms in total. The van der Waals surface area contributed by atoms with E-state index >= 15 is 0 Å². The average Bonchev–Trinajstić information content (AvgIpc) is 2.56. The second-order valence-corrected chi connectivity index (χ2v) is 7.31. The molecule has 0 aliphatic carbocycles. The zero-order chi connectivity index (χ0) is 17.4. The van der Waals surface area contributed by atoms with E-state index in [0.717, 1.165) is 17.5 Å². The van der Waals surface area contributed by atoms with Gasteiger partial charge in [-0.15, -0.1) is 0 Å². The van der Waals surface area contributed by atoms with Gasteiger partial charge in [0, 0.05) is 19.5 Å². The minimum absolute atomic E-state index is 0.0768. The Bertz CT molecular complexity index is 757. The largest absolute Gasteiger partial charge is 0.356 e. The quantitative estimate of drug-likeness (QED) is 0.768. The number of aryl methyl sites for hydroxylation is 1. The Balaban J connectivity index is 1.71. The van der Waals surface area contributed by atoms with Crippen LogP contribution in [-0.4, -0.2) is 27.4 Å². The van der Waals surface area contributed by atoms with Crippen LogP contribution in [0, 0.1) is 6.92 Å². The highest BCUT2D eigenvalue weighted by atomic mass is 32.2. The third-order valence-electron chi connectivity index (χ3n) is 3.55. The fourth-order valence-corrected chi connectivity index (χ4v) is 3.21. The average molecular weight is 346 g/mol. The Morgan fingerprint density at radius 3 is 2.29 bits per heavy atom. The molecule has 2 aromatic rings. The van der Waals surface area contributed by atoms with Crippen molar-refractivity contribution < 1.29 is 13.2 Å². The van der Waals surface area contributed by atoms with Crippen LogP contribution in [0.4, 0.5) is 0 Å². The summed E-state index contributed by atoms with van der Waals surface area (Å²) in [4.78, 5) is 12.0. The van der Waals surface area contributed by atoms with Gasteiger partial charge in [-0.1, -0.05) is 48.0 Å². The summed E-state index contributed by atoms with van der Waals surface area (Å²) in [6, 6.07) is 16.4. The van der Waals surface area contributed by atoms with Crippen molar-refractivity contribution in [2.24, 2.45) is 0 Å². The molecule has 0 heterocycles. The van der Waals surface area contributed by atoms with Crippen LogP contribution in [0.1, 0.15) is 17.5 Å². The van der Waals surface area contributed by atoms with Crippen molar-refractivity contribution in [2.45, 2.75) is 24.7 Å². The Labute approximate surface area is 143 Å². The number of rotatable bonds is 8. The smallest absolute Gasteiger partial charge is 0.240 e. The molecule has 128 valence electrons. The molecule has 2 N–H and O–H groups in total. The first-order valence-corrected chi connectivity index (χ1v) is 9.33. The highest BCUT2D eigenvalue weighted by Gasteiger charge is 2.13. The van der Waals surface area contributed by atoms with Gasteiger partial charge in [-0.05, 0) is 31.0 Å². The van der Waals surface area contributed by atoms with Gasteiger partial charge in [-0.2, -0.15) is 0 Å². The summed E-state index contributed by atoms with van der Waals surface area (Å²) in [5.41, 5.74) is 2.14. The molecule has 0 saturated heterocycles. The molecule has 0 spiro atoms. The summed E-state index contributed by atoms with van der Waals surface area (Å²) in [5, 5.41) is 2.79. The Hall–Kier alpha value is -2.18. The van der Waals surface area contributed by atoms with Gasteiger partial charge in [0.1, 0.15) is 0 Å². The van der Waals surface area contributed by atoms with E-state index in [4.69, 9.17) is 0 Å². The number of sulfonamides is 1. The van der Waals surface area contributed by atoms with E-state index in [2.05, 4.69) is 10.0 Å². The number of amides is 1. The fourth-order valence-electron chi connectivity index (χ4n) is 2.18.